The minimum atomic E-state index is -0.768. The van der Waals surface area contributed by atoms with Crippen molar-refractivity contribution in [1.29, 1.82) is 0 Å². The second-order valence-corrected chi connectivity index (χ2v) is 2.89. The molecule has 72 valence electrons. The molecule has 3 heteroatoms. The highest BCUT2D eigenvalue weighted by molar-refractivity contribution is 5.13. The molecule has 3 nitrogen and oxygen atoms in total. The summed E-state index contributed by atoms with van der Waals surface area (Å²) >= 11 is 0. The monoisotopic (exact) mass is 181 g/mol. The second-order valence-electron chi connectivity index (χ2n) is 2.89. The quantitative estimate of drug-likeness (QED) is 0.523. The van der Waals surface area contributed by atoms with Crippen molar-refractivity contribution in [1.82, 2.24) is 0 Å². The number of benzene rings is 1. The Morgan fingerprint density at radius 1 is 1.31 bits per heavy atom. The van der Waals surface area contributed by atoms with Gasteiger partial charge in [-0.3, -0.25) is 0 Å². The fraction of sp³-hybridized carbons (Fsp3) is 0.400. The van der Waals surface area contributed by atoms with E-state index in [0.29, 0.717) is 19.6 Å². The van der Waals surface area contributed by atoms with Crippen LogP contribution in [0.15, 0.2) is 30.3 Å². The molecule has 0 saturated carbocycles. The number of rotatable bonds is 5. The number of nitrogens with two attached hydrogens (primary N) is 1. The second kappa shape index (κ2) is 5.70. The molecule has 1 aromatic carbocycles. The molecule has 0 aromatic heterocycles. The Labute approximate surface area is 78.1 Å². The molecule has 1 aromatic rings. The molecule has 0 bridgehead atoms. The number of hydrogen-bond donors (Lipinski definition) is 2. The van der Waals surface area contributed by atoms with Gasteiger partial charge in [0.2, 0.25) is 0 Å². The number of ether oxygens (including phenoxy) is 1. The zero-order chi connectivity index (χ0) is 9.52. The largest absolute Gasteiger partial charge is 0.379 e. The molecule has 3 N–H and O–H groups in total. The summed E-state index contributed by atoms with van der Waals surface area (Å²) in [4.78, 5) is 0. The lowest BCUT2D eigenvalue weighted by molar-refractivity contribution is 0.0760. The van der Waals surface area contributed by atoms with E-state index in [1.54, 1.807) is 0 Å². The number of aliphatic hydroxyl groups excluding tert-OH is 1. The molecule has 0 aliphatic carbocycles. The van der Waals surface area contributed by atoms with Gasteiger partial charge in [-0.25, -0.2) is 0 Å². The van der Waals surface area contributed by atoms with Crippen LogP contribution in [0.5, 0.6) is 0 Å². The Morgan fingerprint density at radius 2 is 2.00 bits per heavy atom. The molecule has 1 unspecified atom stereocenters. The van der Waals surface area contributed by atoms with Crippen molar-refractivity contribution in [3.63, 3.8) is 0 Å². The van der Waals surface area contributed by atoms with Crippen LogP contribution in [0.3, 0.4) is 0 Å². The highest BCUT2D eigenvalue weighted by Gasteiger charge is 1.95. The zero-order valence-electron chi connectivity index (χ0n) is 7.52. The smallest absolute Gasteiger partial charge is 0.104 e. The summed E-state index contributed by atoms with van der Waals surface area (Å²) in [7, 11) is 0. The lowest BCUT2D eigenvalue weighted by atomic mass is 10.2. The van der Waals surface area contributed by atoms with Gasteiger partial charge in [0.15, 0.2) is 0 Å². The molecule has 0 radical (unpaired) electrons. The van der Waals surface area contributed by atoms with Gasteiger partial charge in [-0.2, -0.15) is 0 Å². The summed E-state index contributed by atoms with van der Waals surface area (Å²) in [6, 6.07) is 9.90. The van der Waals surface area contributed by atoms with E-state index >= 15 is 0 Å². The van der Waals surface area contributed by atoms with Crippen LogP contribution in [0.2, 0.25) is 0 Å². The van der Waals surface area contributed by atoms with Crippen LogP contribution in [-0.2, 0) is 11.3 Å². The Morgan fingerprint density at radius 3 is 2.62 bits per heavy atom. The van der Waals surface area contributed by atoms with E-state index in [-0.39, 0.29) is 0 Å². The molecule has 0 spiro atoms. The average molecular weight is 181 g/mol. The Bertz CT molecular complexity index is 224. The van der Waals surface area contributed by atoms with Crippen LogP contribution in [0.25, 0.3) is 0 Å². The molecule has 1 atom stereocenters. The van der Waals surface area contributed by atoms with Gasteiger partial charge in [0.05, 0.1) is 13.2 Å². The van der Waals surface area contributed by atoms with Crippen LogP contribution < -0.4 is 5.73 Å². The van der Waals surface area contributed by atoms with Gasteiger partial charge in [0.25, 0.3) is 0 Å². The molecule has 0 aliphatic rings. The first-order chi connectivity index (χ1) is 6.29. The molecule has 0 saturated heterocycles. The predicted octanol–water partition coefficient (Wildman–Crippen LogP) is 0.870. The van der Waals surface area contributed by atoms with E-state index < -0.39 is 6.23 Å². The van der Waals surface area contributed by atoms with E-state index in [9.17, 15) is 0 Å². The third-order valence-corrected chi connectivity index (χ3v) is 1.67. The molecule has 13 heavy (non-hydrogen) atoms. The summed E-state index contributed by atoms with van der Waals surface area (Å²) in [6.07, 6.45) is -0.289. The standard InChI is InChI=1S/C10H15NO2/c11-10(12)6-7-13-8-9-4-2-1-3-5-9/h1-5,10,12H,6-8,11H2. The van der Waals surface area contributed by atoms with Crippen LogP contribution in [0.4, 0.5) is 0 Å². The maximum absolute atomic E-state index is 8.75. The van der Waals surface area contributed by atoms with E-state index in [1.165, 1.54) is 0 Å². The van der Waals surface area contributed by atoms with Crippen molar-refractivity contribution >= 4 is 0 Å². The van der Waals surface area contributed by atoms with Crippen molar-refractivity contribution < 1.29 is 9.84 Å². The molecule has 0 fully saturated rings. The van der Waals surface area contributed by atoms with Gasteiger partial charge in [-0.05, 0) is 5.56 Å². The zero-order valence-corrected chi connectivity index (χ0v) is 7.52. The lowest BCUT2D eigenvalue weighted by Crippen LogP contribution is -2.20. The van der Waals surface area contributed by atoms with Crippen molar-refractivity contribution in [3.8, 4) is 0 Å². The third kappa shape index (κ3) is 4.62. The molecular weight excluding hydrogens is 166 g/mol. The van der Waals surface area contributed by atoms with Crippen LogP contribution in [0, 0.1) is 0 Å². The van der Waals surface area contributed by atoms with Gasteiger partial charge in [-0.15, -0.1) is 0 Å². The fourth-order valence-corrected chi connectivity index (χ4v) is 0.968. The minimum Gasteiger partial charge on any atom is -0.379 e. The number of aliphatic hydroxyl groups is 1. The summed E-state index contributed by atoms with van der Waals surface area (Å²) in [5.74, 6) is 0. The van der Waals surface area contributed by atoms with E-state index in [1.807, 2.05) is 30.3 Å². The van der Waals surface area contributed by atoms with Crippen molar-refractivity contribution in [2.45, 2.75) is 19.3 Å². The topological polar surface area (TPSA) is 55.5 Å². The van der Waals surface area contributed by atoms with E-state index in [0.717, 1.165) is 5.56 Å². The summed E-state index contributed by atoms with van der Waals surface area (Å²) in [6.45, 7) is 1.07. The van der Waals surface area contributed by atoms with Gasteiger partial charge < -0.3 is 15.6 Å². The van der Waals surface area contributed by atoms with Gasteiger partial charge in [0, 0.05) is 6.42 Å². The summed E-state index contributed by atoms with van der Waals surface area (Å²) in [5.41, 5.74) is 6.28. The summed E-state index contributed by atoms with van der Waals surface area (Å²) in [5, 5.41) is 8.75. The van der Waals surface area contributed by atoms with Gasteiger partial charge in [-0.1, -0.05) is 30.3 Å². The minimum absolute atomic E-state index is 0.479. The van der Waals surface area contributed by atoms with Crippen LogP contribution in [0.1, 0.15) is 12.0 Å². The molecule has 0 amide bonds. The van der Waals surface area contributed by atoms with Crippen LogP contribution >= 0.6 is 0 Å². The third-order valence-electron chi connectivity index (χ3n) is 1.67. The Balaban J connectivity index is 2.13. The molecule has 0 heterocycles. The van der Waals surface area contributed by atoms with Crippen molar-refractivity contribution in [2.24, 2.45) is 5.73 Å². The molecular formula is C10H15NO2. The normalized spacial score (nSPS) is 12.8. The summed E-state index contributed by atoms with van der Waals surface area (Å²) < 4.78 is 5.29. The molecule has 1 rings (SSSR count). The predicted molar refractivity (Wildman–Crippen MR) is 50.9 cm³/mol. The van der Waals surface area contributed by atoms with E-state index in [2.05, 4.69) is 0 Å². The van der Waals surface area contributed by atoms with Gasteiger partial charge >= 0.3 is 0 Å². The molecule has 0 aliphatic heterocycles. The first-order valence-electron chi connectivity index (χ1n) is 4.34. The first-order valence-corrected chi connectivity index (χ1v) is 4.34. The first kappa shape index (κ1) is 10.2. The van der Waals surface area contributed by atoms with Crippen LogP contribution in [-0.4, -0.2) is 17.9 Å². The average Bonchev–Trinajstić information content (AvgIpc) is 2.14. The maximum atomic E-state index is 8.75. The highest BCUT2D eigenvalue weighted by Crippen LogP contribution is 2.00. The SMILES string of the molecule is NC(O)CCOCc1ccccc1. The highest BCUT2D eigenvalue weighted by atomic mass is 16.5. The number of hydrogen-bond acceptors (Lipinski definition) is 3. The Kier molecular flexibility index (Phi) is 4.46. The van der Waals surface area contributed by atoms with E-state index in [4.69, 9.17) is 15.6 Å². The lowest BCUT2D eigenvalue weighted by Gasteiger charge is -2.05. The maximum Gasteiger partial charge on any atom is 0.104 e. The van der Waals surface area contributed by atoms with Crippen molar-refractivity contribution in [3.05, 3.63) is 35.9 Å². The van der Waals surface area contributed by atoms with Crippen molar-refractivity contribution in [2.75, 3.05) is 6.61 Å². The van der Waals surface area contributed by atoms with Gasteiger partial charge in [0.1, 0.15) is 6.23 Å². The fourth-order valence-electron chi connectivity index (χ4n) is 0.968. The Hall–Kier alpha value is -0.900.